The molecule has 3 N–H and O–H groups in total. The summed E-state index contributed by atoms with van der Waals surface area (Å²) < 4.78 is 7.47. The van der Waals surface area contributed by atoms with Gasteiger partial charge in [0.15, 0.2) is 0 Å². The third kappa shape index (κ3) is 5.85. The standard InChI is InChI=1S/C24H32N6O2S/c1-24(2,3)32-23(31)29-28-19-11-17(13-26-14-19)20-7-9-27-22-21(20)18(15-30(22)33-4)10-16-6-5-8-25-12-16/h5-9,12,15,17,19,26,28H,10-11,13-14H2,1-4H3,(H,29,31). The molecule has 0 aliphatic carbocycles. The van der Waals surface area contributed by atoms with Crippen molar-refractivity contribution in [1.82, 2.24) is 30.1 Å². The molecule has 3 aromatic heterocycles. The lowest BCUT2D eigenvalue weighted by atomic mass is 9.87. The zero-order valence-electron chi connectivity index (χ0n) is 19.6. The number of carbonyl (C=O) groups is 1. The van der Waals surface area contributed by atoms with Crippen molar-refractivity contribution in [3.8, 4) is 0 Å². The average Bonchev–Trinajstić information content (AvgIpc) is 3.15. The first-order valence-corrected chi connectivity index (χ1v) is 12.4. The summed E-state index contributed by atoms with van der Waals surface area (Å²) in [5, 5.41) is 4.72. The Morgan fingerprint density at radius 1 is 1.30 bits per heavy atom. The molecule has 1 amide bonds. The van der Waals surface area contributed by atoms with E-state index < -0.39 is 11.7 Å². The van der Waals surface area contributed by atoms with Gasteiger partial charge in [-0.15, -0.1) is 0 Å². The van der Waals surface area contributed by atoms with E-state index in [1.54, 1.807) is 18.1 Å². The Labute approximate surface area is 199 Å². The van der Waals surface area contributed by atoms with Crippen molar-refractivity contribution in [2.24, 2.45) is 0 Å². The fraction of sp³-hybridized carbons (Fsp3) is 0.458. The summed E-state index contributed by atoms with van der Waals surface area (Å²) in [4.78, 5) is 21.0. The Morgan fingerprint density at radius 2 is 2.15 bits per heavy atom. The molecule has 1 aliphatic rings. The van der Waals surface area contributed by atoms with Gasteiger partial charge in [-0.05, 0) is 73.9 Å². The van der Waals surface area contributed by atoms with Crippen LogP contribution in [0.4, 0.5) is 4.79 Å². The monoisotopic (exact) mass is 468 g/mol. The average molecular weight is 469 g/mol. The molecule has 0 saturated carbocycles. The summed E-state index contributed by atoms with van der Waals surface area (Å²) >= 11 is 1.65. The van der Waals surface area contributed by atoms with Gasteiger partial charge in [0.25, 0.3) is 0 Å². The fourth-order valence-corrected chi connectivity index (χ4v) is 4.86. The van der Waals surface area contributed by atoms with Crippen molar-refractivity contribution in [3.63, 3.8) is 0 Å². The molecule has 1 saturated heterocycles. The molecule has 3 aromatic rings. The number of nitrogens with one attached hydrogen (secondary N) is 3. The Balaban J connectivity index is 1.56. The van der Waals surface area contributed by atoms with Crippen LogP contribution in [0, 0.1) is 0 Å². The van der Waals surface area contributed by atoms with E-state index >= 15 is 0 Å². The highest BCUT2D eigenvalue weighted by atomic mass is 32.2. The lowest BCUT2D eigenvalue weighted by Crippen LogP contribution is -2.53. The van der Waals surface area contributed by atoms with Crippen LogP contribution in [0.1, 0.15) is 49.8 Å². The van der Waals surface area contributed by atoms with Gasteiger partial charge in [-0.25, -0.2) is 15.2 Å². The minimum absolute atomic E-state index is 0.0869. The van der Waals surface area contributed by atoms with Crippen molar-refractivity contribution in [2.45, 2.75) is 51.2 Å². The van der Waals surface area contributed by atoms with Gasteiger partial charge in [-0.1, -0.05) is 6.07 Å². The smallest absolute Gasteiger partial charge is 0.422 e. The van der Waals surface area contributed by atoms with Gasteiger partial charge in [-0.2, -0.15) is 0 Å². The summed E-state index contributed by atoms with van der Waals surface area (Å²) in [7, 11) is 0. The maximum absolute atomic E-state index is 12.0. The number of hydrogen-bond donors (Lipinski definition) is 3. The molecular formula is C24H32N6O2S. The minimum atomic E-state index is -0.531. The molecule has 2 unspecified atom stereocenters. The Hall–Kier alpha value is -2.62. The maximum Gasteiger partial charge on any atom is 0.422 e. The van der Waals surface area contributed by atoms with Crippen LogP contribution >= 0.6 is 11.9 Å². The summed E-state index contributed by atoms with van der Waals surface area (Å²) in [5.41, 5.74) is 10.0. The molecule has 0 spiro atoms. The molecule has 9 heteroatoms. The van der Waals surface area contributed by atoms with E-state index in [1.807, 2.05) is 39.2 Å². The number of amides is 1. The molecule has 1 fully saturated rings. The molecule has 33 heavy (non-hydrogen) atoms. The van der Waals surface area contributed by atoms with Crippen LogP contribution in [0.15, 0.2) is 43.0 Å². The highest BCUT2D eigenvalue weighted by molar-refractivity contribution is 7.97. The first kappa shape index (κ1) is 23.5. The maximum atomic E-state index is 12.0. The van der Waals surface area contributed by atoms with E-state index in [9.17, 15) is 4.79 Å². The molecule has 176 valence electrons. The molecule has 0 radical (unpaired) electrons. The van der Waals surface area contributed by atoms with Crippen LogP contribution in [0.5, 0.6) is 0 Å². The van der Waals surface area contributed by atoms with Crippen LogP contribution in [-0.2, 0) is 11.2 Å². The predicted molar refractivity (Wildman–Crippen MR) is 132 cm³/mol. The van der Waals surface area contributed by atoms with Crippen LogP contribution in [-0.4, -0.2) is 51.0 Å². The second-order valence-corrected chi connectivity index (χ2v) is 10.1. The van der Waals surface area contributed by atoms with E-state index in [4.69, 9.17) is 9.72 Å². The highest BCUT2D eigenvalue weighted by Gasteiger charge is 2.27. The zero-order chi connectivity index (χ0) is 23.4. The predicted octanol–water partition coefficient (Wildman–Crippen LogP) is 3.62. The third-order valence-corrected chi connectivity index (χ3v) is 6.32. The van der Waals surface area contributed by atoms with Crippen molar-refractivity contribution in [1.29, 1.82) is 0 Å². The van der Waals surface area contributed by atoms with Crippen molar-refractivity contribution in [2.75, 3.05) is 19.3 Å². The van der Waals surface area contributed by atoms with Gasteiger partial charge in [0.1, 0.15) is 11.2 Å². The van der Waals surface area contributed by atoms with E-state index in [1.165, 1.54) is 22.1 Å². The summed E-state index contributed by atoms with van der Waals surface area (Å²) in [6.45, 7) is 7.20. The SMILES string of the molecule is CSn1cc(Cc2cccnc2)c2c(C3CNCC(NNC(=O)OC(C)(C)C)C3)ccnc21. The Bertz CT molecular complexity index is 1100. The number of rotatable bonds is 6. The molecule has 4 heterocycles. The first-order chi connectivity index (χ1) is 15.8. The highest BCUT2D eigenvalue weighted by Crippen LogP contribution is 2.34. The largest absolute Gasteiger partial charge is 0.443 e. The number of ether oxygens (including phenoxy) is 1. The summed E-state index contributed by atoms with van der Waals surface area (Å²) in [6.07, 6.45) is 11.1. The van der Waals surface area contributed by atoms with Crippen LogP contribution in [0.3, 0.4) is 0 Å². The third-order valence-electron chi connectivity index (χ3n) is 5.65. The van der Waals surface area contributed by atoms with Gasteiger partial charge in [0, 0.05) is 62.0 Å². The number of pyridine rings is 2. The van der Waals surface area contributed by atoms with E-state index in [0.29, 0.717) is 0 Å². The molecule has 0 bridgehead atoms. The lowest BCUT2D eigenvalue weighted by Gasteiger charge is -2.31. The van der Waals surface area contributed by atoms with Crippen molar-refractivity contribution >= 4 is 29.1 Å². The van der Waals surface area contributed by atoms with Gasteiger partial charge in [0.05, 0.1) is 0 Å². The fourth-order valence-electron chi connectivity index (χ4n) is 4.32. The van der Waals surface area contributed by atoms with Crippen LogP contribution in [0.2, 0.25) is 0 Å². The van der Waals surface area contributed by atoms with Gasteiger partial charge in [0.2, 0.25) is 0 Å². The molecular weight excluding hydrogens is 436 g/mol. The zero-order valence-corrected chi connectivity index (χ0v) is 20.4. The van der Waals surface area contributed by atoms with Gasteiger partial charge < -0.3 is 10.1 Å². The van der Waals surface area contributed by atoms with Crippen LogP contribution in [0.25, 0.3) is 11.0 Å². The number of carbonyl (C=O) groups excluding carboxylic acids is 1. The lowest BCUT2D eigenvalue weighted by molar-refractivity contribution is 0.0483. The van der Waals surface area contributed by atoms with E-state index in [-0.39, 0.29) is 12.0 Å². The van der Waals surface area contributed by atoms with Gasteiger partial charge in [-0.3, -0.25) is 14.4 Å². The molecule has 1 aliphatic heterocycles. The van der Waals surface area contributed by atoms with Gasteiger partial charge >= 0.3 is 6.09 Å². The molecule has 4 rings (SSSR count). The summed E-state index contributed by atoms with van der Waals surface area (Å²) in [6, 6.07) is 6.30. The number of nitrogens with zero attached hydrogens (tertiary/aromatic N) is 3. The second-order valence-electron chi connectivity index (χ2n) is 9.36. The van der Waals surface area contributed by atoms with E-state index in [2.05, 4.69) is 49.7 Å². The van der Waals surface area contributed by atoms with Crippen molar-refractivity contribution in [3.05, 3.63) is 59.7 Å². The van der Waals surface area contributed by atoms with Crippen molar-refractivity contribution < 1.29 is 9.53 Å². The number of hydrazine groups is 1. The quantitative estimate of drug-likeness (QED) is 0.476. The Kier molecular flexibility index (Phi) is 7.21. The van der Waals surface area contributed by atoms with Crippen LogP contribution < -0.4 is 16.2 Å². The van der Waals surface area contributed by atoms with E-state index in [0.717, 1.165) is 31.6 Å². The first-order valence-electron chi connectivity index (χ1n) is 11.2. The number of hydrogen-bond acceptors (Lipinski definition) is 7. The minimum Gasteiger partial charge on any atom is -0.443 e. The molecule has 0 aromatic carbocycles. The number of piperidine rings is 1. The molecule has 8 nitrogen and oxygen atoms in total. The molecule has 2 atom stereocenters. The topological polar surface area (TPSA) is 93.1 Å². The Morgan fingerprint density at radius 3 is 2.88 bits per heavy atom. The second kappa shape index (κ2) is 10.1. The summed E-state index contributed by atoms with van der Waals surface area (Å²) in [5.74, 6) is 0.285. The normalized spacial score (nSPS) is 18.9. The number of aromatic nitrogens is 3. The number of fused-ring (bicyclic) bond motifs is 1.